The number of hydrogen-bond acceptors (Lipinski definition) is 5. The molecule has 146 valence electrons. The van der Waals surface area contributed by atoms with Crippen molar-refractivity contribution in [1.82, 2.24) is 9.21 Å². The Hall–Kier alpha value is -1.64. The Morgan fingerprint density at radius 2 is 1.77 bits per heavy atom. The zero-order valence-corrected chi connectivity index (χ0v) is 16.8. The Bertz CT molecular complexity index is 683. The topological polar surface area (TPSA) is 73.0 Å². The van der Waals surface area contributed by atoms with Crippen LogP contribution in [0.3, 0.4) is 0 Å². The van der Waals surface area contributed by atoms with E-state index >= 15 is 0 Å². The van der Waals surface area contributed by atoms with E-state index in [-0.39, 0.29) is 12.5 Å². The zero-order valence-electron chi connectivity index (χ0n) is 15.9. The van der Waals surface area contributed by atoms with Gasteiger partial charge in [-0.25, -0.2) is 8.42 Å². The number of amides is 1. The third-order valence-corrected chi connectivity index (χ3v) is 5.82. The van der Waals surface area contributed by atoms with Gasteiger partial charge in [-0.3, -0.25) is 4.79 Å². The van der Waals surface area contributed by atoms with E-state index in [0.717, 1.165) is 51.0 Å². The zero-order chi connectivity index (χ0) is 19.2. The van der Waals surface area contributed by atoms with Gasteiger partial charge in [-0.2, -0.15) is 4.31 Å². The molecule has 1 aliphatic heterocycles. The first-order valence-electron chi connectivity index (χ1n) is 9.08. The number of nitrogens with zero attached hydrogens (tertiary/aromatic N) is 3. The number of nitrogens with one attached hydrogen (secondary N) is 1. The van der Waals surface area contributed by atoms with Crippen molar-refractivity contribution < 1.29 is 13.2 Å². The van der Waals surface area contributed by atoms with E-state index in [1.54, 1.807) is 0 Å². The number of benzene rings is 1. The number of rotatable bonds is 8. The number of sulfonamides is 1. The highest BCUT2D eigenvalue weighted by molar-refractivity contribution is 7.88. The SMILES string of the molecule is CCCCN(CC(=O)Nc1ccc(N2CCN(C)CC2)cc1)S(C)(=O)=O. The summed E-state index contributed by atoms with van der Waals surface area (Å²) in [6.07, 6.45) is 2.75. The van der Waals surface area contributed by atoms with Crippen LogP contribution >= 0.6 is 0 Å². The summed E-state index contributed by atoms with van der Waals surface area (Å²) in [4.78, 5) is 16.8. The lowest BCUT2D eigenvalue weighted by molar-refractivity contribution is -0.116. The first-order valence-corrected chi connectivity index (χ1v) is 10.9. The van der Waals surface area contributed by atoms with Gasteiger partial charge in [0.2, 0.25) is 15.9 Å². The van der Waals surface area contributed by atoms with Crippen LogP contribution in [-0.4, -0.2) is 76.1 Å². The molecular formula is C18H30N4O3S. The summed E-state index contributed by atoms with van der Waals surface area (Å²) < 4.78 is 24.8. The highest BCUT2D eigenvalue weighted by Gasteiger charge is 2.19. The van der Waals surface area contributed by atoms with E-state index < -0.39 is 10.0 Å². The summed E-state index contributed by atoms with van der Waals surface area (Å²) in [7, 11) is -1.27. The van der Waals surface area contributed by atoms with Gasteiger partial charge in [0.15, 0.2) is 0 Å². The molecule has 0 saturated carbocycles. The predicted octanol–water partition coefficient (Wildman–Crippen LogP) is 1.44. The summed E-state index contributed by atoms with van der Waals surface area (Å²) in [5, 5.41) is 2.79. The third kappa shape index (κ3) is 6.26. The molecule has 1 aromatic rings. The quantitative estimate of drug-likeness (QED) is 0.737. The highest BCUT2D eigenvalue weighted by atomic mass is 32.2. The molecule has 8 heteroatoms. The van der Waals surface area contributed by atoms with Crippen LogP contribution in [0.25, 0.3) is 0 Å². The van der Waals surface area contributed by atoms with E-state index in [1.165, 1.54) is 4.31 Å². The summed E-state index contributed by atoms with van der Waals surface area (Å²) in [5.41, 5.74) is 1.81. The van der Waals surface area contributed by atoms with Crippen molar-refractivity contribution >= 4 is 27.3 Å². The maximum Gasteiger partial charge on any atom is 0.239 e. The summed E-state index contributed by atoms with van der Waals surface area (Å²) in [6, 6.07) is 7.71. The van der Waals surface area contributed by atoms with Gasteiger partial charge in [0.1, 0.15) is 0 Å². The molecule has 1 aliphatic rings. The fourth-order valence-electron chi connectivity index (χ4n) is 2.88. The monoisotopic (exact) mass is 382 g/mol. The average molecular weight is 383 g/mol. The molecule has 1 fully saturated rings. The molecule has 1 heterocycles. The average Bonchev–Trinajstić information content (AvgIpc) is 2.59. The fourth-order valence-corrected chi connectivity index (χ4v) is 3.69. The molecule has 0 spiro atoms. The Labute approximate surface area is 157 Å². The third-order valence-electron chi connectivity index (χ3n) is 4.57. The first kappa shape index (κ1) is 20.7. The van der Waals surface area contributed by atoms with Gasteiger partial charge >= 0.3 is 0 Å². The standard InChI is InChI=1S/C18H30N4O3S/c1-4-5-10-22(26(3,24)25)15-18(23)19-16-6-8-17(9-7-16)21-13-11-20(2)12-14-21/h6-9H,4-5,10-15H2,1-3H3,(H,19,23). The molecule has 0 aliphatic carbocycles. The molecule has 0 bridgehead atoms. The molecule has 1 amide bonds. The van der Waals surface area contributed by atoms with Gasteiger partial charge in [-0.1, -0.05) is 13.3 Å². The van der Waals surface area contributed by atoms with E-state index in [2.05, 4.69) is 22.2 Å². The molecule has 0 unspecified atom stereocenters. The lowest BCUT2D eigenvalue weighted by atomic mass is 10.2. The molecule has 1 aromatic carbocycles. The number of carbonyl (C=O) groups excluding carboxylic acids is 1. The lowest BCUT2D eigenvalue weighted by Gasteiger charge is -2.34. The number of unbranched alkanes of at least 4 members (excludes halogenated alkanes) is 1. The Morgan fingerprint density at radius 1 is 1.15 bits per heavy atom. The maximum atomic E-state index is 12.2. The van der Waals surface area contributed by atoms with Crippen molar-refractivity contribution in [3.8, 4) is 0 Å². The van der Waals surface area contributed by atoms with Crippen molar-refractivity contribution in [3.63, 3.8) is 0 Å². The Morgan fingerprint density at radius 3 is 2.31 bits per heavy atom. The number of anilines is 2. The molecule has 0 aromatic heterocycles. The molecule has 1 N–H and O–H groups in total. The molecule has 0 radical (unpaired) electrons. The maximum absolute atomic E-state index is 12.2. The van der Waals surface area contributed by atoms with Crippen LogP contribution < -0.4 is 10.2 Å². The normalized spacial score (nSPS) is 16.1. The first-order chi connectivity index (χ1) is 12.3. The Kier molecular flexibility index (Phi) is 7.43. The van der Waals surface area contributed by atoms with Crippen molar-refractivity contribution in [3.05, 3.63) is 24.3 Å². The van der Waals surface area contributed by atoms with Gasteiger partial charge in [-0.15, -0.1) is 0 Å². The van der Waals surface area contributed by atoms with Gasteiger partial charge in [-0.05, 0) is 37.7 Å². The second-order valence-corrected chi connectivity index (χ2v) is 8.82. The largest absolute Gasteiger partial charge is 0.369 e. The smallest absolute Gasteiger partial charge is 0.239 e. The van der Waals surface area contributed by atoms with Crippen LogP contribution in [0.2, 0.25) is 0 Å². The van der Waals surface area contributed by atoms with E-state index in [9.17, 15) is 13.2 Å². The van der Waals surface area contributed by atoms with Gasteiger partial charge < -0.3 is 15.1 Å². The summed E-state index contributed by atoms with van der Waals surface area (Å²) in [6.45, 7) is 6.26. The number of likely N-dealkylation sites (N-methyl/N-ethyl adjacent to an activating group) is 1. The summed E-state index contributed by atoms with van der Waals surface area (Å²) >= 11 is 0. The second kappa shape index (κ2) is 9.34. The van der Waals surface area contributed by atoms with Gasteiger partial charge in [0, 0.05) is 44.1 Å². The van der Waals surface area contributed by atoms with Crippen molar-refractivity contribution in [2.24, 2.45) is 0 Å². The highest BCUT2D eigenvalue weighted by Crippen LogP contribution is 2.19. The van der Waals surface area contributed by atoms with Crippen LogP contribution in [0.5, 0.6) is 0 Å². The van der Waals surface area contributed by atoms with Gasteiger partial charge in [0.25, 0.3) is 0 Å². The van der Waals surface area contributed by atoms with Crippen LogP contribution in [0.15, 0.2) is 24.3 Å². The van der Waals surface area contributed by atoms with Crippen LogP contribution in [0.4, 0.5) is 11.4 Å². The van der Waals surface area contributed by atoms with Gasteiger partial charge in [0.05, 0.1) is 12.8 Å². The molecule has 7 nitrogen and oxygen atoms in total. The van der Waals surface area contributed by atoms with E-state index in [0.29, 0.717) is 12.2 Å². The fraction of sp³-hybridized carbons (Fsp3) is 0.611. The number of hydrogen-bond donors (Lipinski definition) is 1. The predicted molar refractivity (Wildman–Crippen MR) is 106 cm³/mol. The molecule has 2 rings (SSSR count). The van der Waals surface area contributed by atoms with E-state index in [1.807, 2.05) is 31.2 Å². The van der Waals surface area contributed by atoms with E-state index in [4.69, 9.17) is 0 Å². The molecule has 0 atom stereocenters. The number of piperazine rings is 1. The van der Waals surface area contributed by atoms with Crippen molar-refractivity contribution in [1.29, 1.82) is 0 Å². The number of carbonyl (C=O) groups is 1. The Balaban J connectivity index is 1.92. The van der Waals surface area contributed by atoms with Crippen molar-refractivity contribution in [2.45, 2.75) is 19.8 Å². The minimum atomic E-state index is -3.39. The molecule has 26 heavy (non-hydrogen) atoms. The van der Waals surface area contributed by atoms with Crippen LogP contribution in [-0.2, 0) is 14.8 Å². The minimum absolute atomic E-state index is 0.154. The van der Waals surface area contributed by atoms with Crippen LogP contribution in [0, 0.1) is 0 Å². The summed E-state index contributed by atoms with van der Waals surface area (Å²) in [5.74, 6) is -0.320. The molecular weight excluding hydrogens is 352 g/mol. The minimum Gasteiger partial charge on any atom is -0.369 e. The molecule has 1 saturated heterocycles. The van der Waals surface area contributed by atoms with Crippen LogP contribution in [0.1, 0.15) is 19.8 Å². The van der Waals surface area contributed by atoms with Crippen molar-refractivity contribution in [2.75, 3.05) is 62.8 Å². The second-order valence-electron chi connectivity index (χ2n) is 6.84. The lowest BCUT2D eigenvalue weighted by Crippen LogP contribution is -2.44.